The molecule has 1 N–H and O–H groups in total. The SMILES string of the molecule is Cc1cc(C(=O)NCCc2nnc3n2CCCCC3)c2ccccc2n1. The van der Waals surface area contributed by atoms with Crippen molar-refractivity contribution in [2.45, 2.75) is 45.6 Å². The molecular formula is C20H23N5O. The first-order valence-corrected chi connectivity index (χ1v) is 9.28. The van der Waals surface area contributed by atoms with Gasteiger partial charge in [-0.15, -0.1) is 10.2 Å². The van der Waals surface area contributed by atoms with Gasteiger partial charge in [-0.25, -0.2) is 0 Å². The number of hydrogen-bond acceptors (Lipinski definition) is 4. The summed E-state index contributed by atoms with van der Waals surface area (Å²) < 4.78 is 2.23. The maximum absolute atomic E-state index is 12.7. The van der Waals surface area contributed by atoms with Crippen LogP contribution in [0, 0.1) is 6.92 Å². The highest BCUT2D eigenvalue weighted by atomic mass is 16.1. The minimum absolute atomic E-state index is 0.0673. The molecular weight excluding hydrogens is 326 g/mol. The molecule has 1 aliphatic heterocycles. The van der Waals surface area contributed by atoms with E-state index in [4.69, 9.17) is 0 Å². The second-order valence-electron chi connectivity index (χ2n) is 6.83. The summed E-state index contributed by atoms with van der Waals surface area (Å²) in [7, 11) is 0. The first-order valence-electron chi connectivity index (χ1n) is 9.28. The van der Waals surface area contributed by atoms with Crippen molar-refractivity contribution < 1.29 is 4.79 Å². The van der Waals surface area contributed by atoms with E-state index in [1.54, 1.807) is 0 Å². The van der Waals surface area contributed by atoms with Crippen LogP contribution in [0.1, 0.15) is 47.0 Å². The van der Waals surface area contributed by atoms with Crippen LogP contribution in [0.25, 0.3) is 10.9 Å². The molecule has 1 amide bonds. The van der Waals surface area contributed by atoms with Crippen molar-refractivity contribution in [3.8, 4) is 0 Å². The summed E-state index contributed by atoms with van der Waals surface area (Å²) in [5.74, 6) is 1.99. The Kier molecular flexibility index (Phi) is 4.65. The third kappa shape index (κ3) is 3.31. The maximum atomic E-state index is 12.7. The number of fused-ring (bicyclic) bond motifs is 2. The quantitative estimate of drug-likeness (QED) is 0.786. The first kappa shape index (κ1) is 16.7. The van der Waals surface area contributed by atoms with Crippen LogP contribution in [0.5, 0.6) is 0 Å². The van der Waals surface area contributed by atoms with Gasteiger partial charge in [0, 0.05) is 37.0 Å². The summed E-state index contributed by atoms with van der Waals surface area (Å²) in [6.07, 6.45) is 5.30. The average Bonchev–Trinajstić information content (AvgIpc) is 2.87. The van der Waals surface area contributed by atoms with Crippen LogP contribution in [0.2, 0.25) is 0 Å². The zero-order chi connectivity index (χ0) is 17.9. The highest BCUT2D eigenvalue weighted by Crippen LogP contribution is 2.18. The van der Waals surface area contributed by atoms with Crippen molar-refractivity contribution in [2.24, 2.45) is 0 Å². The Morgan fingerprint density at radius 2 is 2.08 bits per heavy atom. The van der Waals surface area contributed by atoms with Crippen molar-refractivity contribution in [3.63, 3.8) is 0 Å². The fourth-order valence-electron chi connectivity index (χ4n) is 3.61. The molecule has 0 aliphatic carbocycles. The summed E-state index contributed by atoms with van der Waals surface area (Å²) >= 11 is 0. The lowest BCUT2D eigenvalue weighted by Crippen LogP contribution is -2.27. The molecule has 26 heavy (non-hydrogen) atoms. The van der Waals surface area contributed by atoms with Crippen molar-refractivity contribution in [3.05, 3.63) is 53.2 Å². The number of aromatic nitrogens is 4. The van der Waals surface area contributed by atoms with E-state index in [-0.39, 0.29) is 5.91 Å². The first-order chi connectivity index (χ1) is 12.7. The van der Waals surface area contributed by atoms with E-state index in [9.17, 15) is 4.79 Å². The maximum Gasteiger partial charge on any atom is 0.252 e. The van der Waals surface area contributed by atoms with Crippen LogP contribution in [-0.2, 0) is 19.4 Å². The van der Waals surface area contributed by atoms with Gasteiger partial charge in [0.1, 0.15) is 11.6 Å². The summed E-state index contributed by atoms with van der Waals surface area (Å²) in [6, 6.07) is 9.59. The number of hydrogen-bond donors (Lipinski definition) is 1. The van der Waals surface area contributed by atoms with Crippen molar-refractivity contribution in [2.75, 3.05) is 6.54 Å². The number of amides is 1. The molecule has 6 heteroatoms. The number of nitrogens with one attached hydrogen (secondary N) is 1. The fraction of sp³-hybridized carbons (Fsp3) is 0.400. The Bertz CT molecular complexity index is 947. The summed E-state index contributed by atoms with van der Waals surface area (Å²) in [6.45, 7) is 3.45. The Hall–Kier alpha value is -2.76. The number of carbonyl (C=O) groups excluding carboxylic acids is 1. The molecule has 0 radical (unpaired) electrons. The Morgan fingerprint density at radius 3 is 3.00 bits per heavy atom. The second kappa shape index (κ2) is 7.23. The number of aryl methyl sites for hydroxylation is 2. The van der Waals surface area contributed by atoms with Gasteiger partial charge < -0.3 is 9.88 Å². The van der Waals surface area contributed by atoms with E-state index in [0.29, 0.717) is 18.5 Å². The Morgan fingerprint density at radius 1 is 1.19 bits per heavy atom. The zero-order valence-corrected chi connectivity index (χ0v) is 15.0. The van der Waals surface area contributed by atoms with Crippen LogP contribution >= 0.6 is 0 Å². The average molecular weight is 349 g/mol. The van der Waals surface area contributed by atoms with E-state index in [0.717, 1.165) is 41.2 Å². The van der Waals surface area contributed by atoms with E-state index >= 15 is 0 Å². The standard InChI is InChI=1S/C20H23N5O/c1-14-13-16(15-7-4-5-8-17(15)22-14)20(26)21-11-10-19-24-23-18-9-3-2-6-12-25(18)19/h4-5,7-8,13H,2-3,6,9-12H2,1H3,(H,21,26). The van der Waals surface area contributed by atoms with Crippen LogP contribution in [-0.4, -0.2) is 32.2 Å². The number of benzene rings is 1. The minimum Gasteiger partial charge on any atom is -0.352 e. The molecule has 134 valence electrons. The molecule has 1 aliphatic rings. The van der Waals surface area contributed by atoms with Gasteiger partial charge in [-0.05, 0) is 31.9 Å². The Balaban J connectivity index is 1.46. The number of rotatable bonds is 4. The van der Waals surface area contributed by atoms with Gasteiger partial charge in [0.25, 0.3) is 5.91 Å². The molecule has 2 aromatic heterocycles. The number of pyridine rings is 1. The lowest BCUT2D eigenvalue weighted by Gasteiger charge is -2.10. The van der Waals surface area contributed by atoms with Gasteiger partial charge in [-0.2, -0.15) is 0 Å². The smallest absolute Gasteiger partial charge is 0.252 e. The molecule has 3 heterocycles. The van der Waals surface area contributed by atoms with Gasteiger partial charge in [-0.3, -0.25) is 9.78 Å². The number of para-hydroxylation sites is 1. The summed E-state index contributed by atoms with van der Waals surface area (Å²) in [5.41, 5.74) is 2.37. The van der Waals surface area contributed by atoms with Crippen molar-refractivity contribution in [1.82, 2.24) is 25.1 Å². The summed E-state index contributed by atoms with van der Waals surface area (Å²) in [5, 5.41) is 12.6. The number of nitrogens with zero attached hydrogens (tertiary/aromatic N) is 4. The van der Waals surface area contributed by atoms with E-state index in [1.165, 1.54) is 19.3 Å². The van der Waals surface area contributed by atoms with Gasteiger partial charge in [0.05, 0.1) is 11.1 Å². The van der Waals surface area contributed by atoms with Crippen LogP contribution in [0.3, 0.4) is 0 Å². The largest absolute Gasteiger partial charge is 0.352 e. The lowest BCUT2D eigenvalue weighted by molar-refractivity contribution is 0.0955. The molecule has 0 bridgehead atoms. The van der Waals surface area contributed by atoms with Gasteiger partial charge in [0.15, 0.2) is 0 Å². The van der Waals surface area contributed by atoms with Crippen LogP contribution in [0.15, 0.2) is 30.3 Å². The third-order valence-corrected chi connectivity index (χ3v) is 4.91. The third-order valence-electron chi connectivity index (χ3n) is 4.91. The van der Waals surface area contributed by atoms with Gasteiger partial charge >= 0.3 is 0 Å². The predicted molar refractivity (Wildman–Crippen MR) is 100 cm³/mol. The minimum atomic E-state index is -0.0673. The fourth-order valence-corrected chi connectivity index (χ4v) is 3.61. The van der Waals surface area contributed by atoms with E-state index in [2.05, 4.69) is 25.1 Å². The number of carbonyl (C=O) groups is 1. The molecule has 0 fully saturated rings. The molecule has 0 unspecified atom stereocenters. The molecule has 0 atom stereocenters. The monoisotopic (exact) mass is 349 g/mol. The predicted octanol–water partition coefficient (Wildman–Crippen LogP) is 2.83. The van der Waals surface area contributed by atoms with Gasteiger partial charge in [-0.1, -0.05) is 24.6 Å². The van der Waals surface area contributed by atoms with E-state index < -0.39 is 0 Å². The lowest BCUT2D eigenvalue weighted by atomic mass is 10.1. The topological polar surface area (TPSA) is 72.7 Å². The highest BCUT2D eigenvalue weighted by Gasteiger charge is 2.15. The molecule has 0 saturated carbocycles. The van der Waals surface area contributed by atoms with Crippen LogP contribution < -0.4 is 5.32 Å². The van der Waals surface area contributed by atoms with E-state index in [1.807, 2.05) is 37.3 Å². The molecule has 1 aromatic carbocycles. The molecule has 4 rings (SSSR count). The normalized spacial score (nSPS) is 14.0. The van der Waals surface area contributed by atoms with Crippen LogP contribution in [0.4, 0.5) is 0 Å². The van der Waals surface area contributed by atoms with Gasteiger partial charge in [0.2, 0.25) is 0 Å². The molecule has 3 aromatic rings. The summed E-state index contributed by atoms with van der Waals surface area (Å²) in [4.78, 5) is 17.2. The molecule has 0 spiro atoms. The molecule has 0 saturated heterocycles. The highest BCUT2D eigenvalue weighted by molar-refractivity contribution is 6.06. The van der Waals surface area contributed by atoms with Crippen molar-refractivity contribution >= 4 is 16.8 Å². The second-order valence-corrected chi connectivity index (χ2v) is 6.83. The zero-order valence-electron chi connectivity index (χ0n) is 15.0. The molecule has 6 nitrogen and oxygen atoms in total. The Labute approximate surface area is 152 Å². The van der Waals surface area contributed by atoms with Crippen molar-refractivity contribution in [1.29, 1.82) is 0 Å².